The Labute approximate surface area is 450 Å². The first-order chi connectivity index (χ1) is 35.4. The van der Waals surface area contributed by atoms with E-state index in [0.29, 0.717) is 32.1 Å². The molecule has 430 valence electrons. The molecule has 17 atom stereocenters. The number of likely N-dealkylation sites (N-methyl/N-ethyl adjacent to an activating group) is 2. The summed E-state index contributed by atoms with van der Waals surface area (Å²) < 4.78 is 41.3. The van der Waals surface area contributed by atoms with Gasteiger partial charge in [0.15, 0.2) is 0 Å². The number of amides is 1. The van der Waals surface area contributed by atoms with E-state index in [1.54, 1.807) is 84.7 Å². The number of nitrogens with one attached hydrogen (secondary N) is 1. The summed E-state index contributed by atoms with van der Waals surface area (Å²) in [5.41, 5.74) is 1.10. The summed E-state index contributed by atoms with van der Waals surface area (Å²) >= 11 is 0. The number of aliphatic hydroxyl groups excluding tert-OH is 2. The molecule has 1 rings (SSSR count). The zero-order valence-electron chi connectivity index (χ0n) is 48.6. The zero-order chi connectivity index (χ0) is 56.9. The summed E-state index contributed by atoms with van der Waals surface area (Å²) in [5, 5.41) is 26.6. The number of allylic oxidation sites excluding steroid dienone is 3. The Morgan fingerprint density at radius 1 is 0.920 bits per heavy atom. The van der Waals surface area contributed by atoms with Gasteiger partial charge in [-0.1, -0.05) is 91.0 Å². The molecule has 17 nitrogen and oxygen atoms in total. The van der Waals surface area contributed by atoms with E-state index in [1.165, 1.54) is 25.0 Å². The minimum absolute atomic E-state index is 0.128. The van der Waals surface area contributed by atoms with E-state index in [9.17, 15) is 34.2 Å². The third-order valence-corrected chi connectivity index (χ3v) is 14.9. The summed E-state index contributed by atoms with van der Waals surface area (Å²) in [4.78, 5) is 67.2. The fraction of sp³-hybridized carbons (Fsp3) is 0.741. The number of aliphatic hydroxyl groups is 2. The zero-order valence-corrected chi connectivity index (χ0v) is 48.6. The van der Waals surface area contributed by atoms with Crippen LogP contribution in [0.2, 0.25) is 0 Å². The second kappa shape index (κ2) is 36.7. The number of cyclic esters (lactones) is 1. The molecule has 0 aliphatic carbocycles. The third-order valence-electron chi connectivity index (χ3n) is 14.9. The molecule has 1 amide bonds. The van der Waals surface area contributed by atoms with E-state index < -0.39 is 90.3 Å². The summed E-state index contributed by atoms with van der Waals surface area (Å²) in [6.45, 7) is 18.7. The number of carbonyl (C=O) groups excluding carboxylic acids is 5. The van der Waals surface area contributed by atoms with Gasteiger partial charge in [-0.05, 0) is 96.8 Å². The lowest BCUT2D eigenvalue weighted by Crippen LogP contribution is -2.44. The van der Waals surface area contributed by atoms with Crippen molar-refractivity contribution in [3.8, 4) is 0 Å². The average molecular weight is 1060 g/mol. The first-order valence-corrected chi connectivity index (χ1v) is 26.9. The van der Waals surface area contributed by atoms with E-state index in [1.807, 2.05) is 53.7 Å². The van der Waals surface area contributed by atoms with E-state index in [-0.39, 0.29) is 55.3 Å². The Bertz CT molecular complexity index is 1840. The molecule has 0 saturated heterocycles. The molecule has 17 heteroatoms. The van der Waals surface area contributed by atoms with Gasteiger partial charge < -0.3 is 53.6 Å². The third kappa shape index (κ3) is 25.2. The molecule has 3 N–H and O–H groups in total. The number of carbonyl (C=O) groups is 5. The van der Waals surface area contributed by atoms with Crippen LogP contribution in [0.3, 0.4) is 0 Å². The van der Waals surface area contributed by atoms with Crippen molar-refractivity contribution in [2.45, 2.75) is 182 Å². The van der Waals surface area contributed by atoms with Crippen LogP contribution in [-0.2, 0) is 57.1 Å². The highest BCUT2D eigenvalue weighted by atomic mass is 16.6. The van der Waals surface area contributed by atoms with Crippen molar-refractivity contribution < 1.29 is 67.3 Å². The normalized spacial score (nSPS) is 28.7. The lowest BCUT2D eigenvalue weighted by atomic mass is 9.82. The van der Waals surface area contributed by atoms with Crippen molar-refractivity contribution >= 4 is 30.3 Å². The van der Waals surface area contributed by atoms with E-state index in [4.69, 9.17) is 33.2 Å². The standard InChI is InChI=1S/C58H99N3O14/c1-37-26-27-38(2)49(71-17)30-28-39(3)55(66)43(7)51(75-58(68)48(35-69-15)60(12)13)23-19-18-20-25-53(64)73-50(24-21-22-47(34-37)70-16)42(6)54(65)40(4)29-31-52(74-57(67)45(9)59-11)44(8)56(72-46(10)63)41(5)32-33-61(14)36-62/h18-22,25,27,32-33,36-37,39-45,47-52,54-56,59,65-66H,23-24,26,28-31,34-35H2,1-17H3/b19-18+,22-21+,25-20+,33-32+,38-27+/t37-,39-,40+,41-,42-,43-,44+,45?,47+,48?,49+,50+,51-,52-,54?,55-,56-/m1/s1. The SMILES string of the molecule is CNC(C)C(=O)O[C@H](CC[C@H](C)C(O)[C@H](C)[C@@H]1C/C=C/[C@H](OC)C[C@H](C)C/C=C(\C)[C@@H](OC)CC[C@@H](C)[C@@H](O)[C@H](C)[C@H](OC(=O)C(COC)N(C)C)C/C=C/C=C/C(=O)O1)[C@H](C)[C@H](OC(C)=O)[C@H](C)/C=C/N(C)C=O. The molecule has 75 heavy (non-hydrogen) atoms. The Morgan fingerprint density at radius 2 is 1.60 bits per heavy atom. The molecule has 0 aromatic carbocycles. The van der Waals surface area contributed by atoms with Crippen LogP contribution in [0.25, 0.3) is 0 Å². The van der Waals surface area contributed by atoms with Crippen LogP contribution in [0.5, 0.6) is 0 Å². The number of nitrogens with zero attached hydrogens (tertiary/aromatic N) is 2. The molecule has 0 radical (unpaired) electrons. The van der Waals surface area contributed by atoms with Crippen molar-refractivity contribution in [3.05, 3.63) is 60.4 Å². The Morgan fingerprint density at radius 3 is 2.19 bits per heavy atom. The van der Waals surface area contributed by atoms with Crippen molar-refractivity contribution in [2.24, 2.45) is 41.4 Å². The smallest absolute Gasteiger partial charge is 0.331 e. The van der Waals surface area contributed by atoms with Crippen molar-refractivity contribution in [3.63, 3.8) is 0 Å². The monoisotopic (exact) mass is 1060 g/mol. The predicted molar refractivity (Wildman–Crippen MR) is 292 cm³/mol. The topological polar surface area (TPSA) is 209 Å². The van der Waals surface area contributed by atoms with Gasteiger partial charge in [0, 0.05) is 84.1 Å². The maximum absolute atomic E-state index is 13.6. The van der Waals surface area contributed by atoms with Crippen molar-refractivity contribution in [2.75, 3.05) is 56.1 Å². The Kier molecular flexibility index (Phi) is 33.7. The molecule has 0 bridgehead atoms. The minimum atomic E-state index is -0.973. The second-order valence-electron chi connectivity index (χ2n) is 21.3. The van der Waals surface area contributed by atoms with Gasteiger partial charge in [0.1, 0.15) is 36.5 Å². The van der Waals surface area contributed by atoms with Crippen molar-refractivity contribution in [1.82, 2.24) is 15.1 Å². The molecule has 1 aliphatic rings. The highest BCUT2D eigenvalue weighted by Crippen LogP contribution is 2.32. The van der Waals surface area contributed by atoms with Gasteiger partial charge in [-0.2, -0.15) is 0 Å². The molecule has 0 saturated carbocycles. The number of hydrogen-bond donors (Lipinski definition) is 3. The number of rotatable bonds is 23. The summed E-state index contributed by atoms with van der Waals surface area (Å²) in [6.07, 6.45) is 15.5. The van der Waals surface area contributed by atoms with Crippen molar-refractivity contribution in [1.29, 1.82) is 0 Å². The summed E-state index contributed by atoms with van der Waals surface area (Å²) in [5.74, 6) is -4.25. The van der Waals surface area contributed by atoms with E-state index in [0.717, 1.165) is 18.4 Å². The van der Waals surface area contributed by atoms with Crippen LogP contribution in [0.15, 0.2) is 60.4 Å². The average Bonchev–Trinajstić information content (AvgIpc) is 3.38. The fourth-order valence-corrected chi connectivity index (χ4v) is 9.30. The molecule has 0 fully saturated rings. The number of hydrogen-bond acceptors (Lipinski definition) is 16. The molecular weight excluding hydrogens is 963 g/mol. The van der Waals surface area contributed by atoms with Crippen LogP contribution in [0, 0.1) is 41.4 Å². The lowest BCUT2D eigenvalue weighted by Gasteiger charge is -2.35. The first-order valence-electron chi connectivity index (χ1n) is 26.9. The van der Waals surface area contributed by atoms with Gasteiger partial charge in [0.05, 0.1) is 31.0 Å². The van der Waals surface area contributed by atoms with E-state index >= 15 is 0 Å². The minimum Gasteiger partial charge on any atom is -0.462 e. The van der Waals surface area contributed by atoms with E-state index in [2.05, 4.69) is 25.2 Å². The van der Waals surface area contributed by atoms with Crippen LogP contribution in [0.4, 0.5) is 0 Å². The maximum atomic E-state index is 13.6. The Hall–Kier alpha value is -4.23. The quantitative estimate of drug-likeness (QED) is 0.0394. The summed E-state index contributed by atoms with van der Waals surface area (Å²) in [6, 6.07) is -1.28. The molecular formula is C58H99N3O14. The molecule has 3 unspecified atom stereocenters. The van der Waals surface area contributed by atoms with Gasteiger partial charge >= 0.3 is 23.9 Å². The van der Waals surface area contributed by atoms with Gasteiger partial charge in [0.25, 0.3) is 0 Å². The largest absolute Gasteiger partial charge is 0.462 e. The maximum Gasteiger partial charge on any atom is 0.331 e. The second-order valence-corrected chi connectivity index (χ2v) is 21.3. The highest BCUT2D eigenvalue weighted by Gasteiger charge is 2.37. The lowest BCUT2D eigenvalue weighted by molar-refractivity contribution is -0.164. The molecule has 0 aromatic heterocycles. The van der Waals surface area contributed by atoms with Gasteiger partial charge in [0.2, 0.25) is 6.41 Å². The predicted octanol–water partition coefficient (Wildman–Crippen LogP) is 7.39. The van der Waals surface area contributed by atoms with Gasteiger partial charge in [-0.3, -0.25) is 24.1 Å². The highest BCUT2D eigenvalue weighted by molar-refractivity contribution is 5.82. The molecule has 1 aliphatic heterocycles. The molecule has 0 spiro atoms. The van der Waals surface area contributed by atoms with Gasteiger partial charge in [-0.15, -0.1) is 0 Å². The fourth-order valence-electron chi connectivity index (χ4n) is 9.30. The number of methoxy groups -OCH3 is 3. The molecule has 1 heterocycles. The van der Waals surface area contributed by atoms with Crippen LogP contribution < -0.4 is 5.32 Å². The van der Waals surface area contributed by atoms with Crippen LogP contribution in [0.1, 0.15) is 121 Å². The Balaban J connectivity index is 3.67. The van der Waals surface area contributed by atoms with Gasteiger partial charge in [-0.25, -0.2) is 4.79 Å². The first kappa shape index (κ1) is 68.8. The molecule has 0 aromatic rings. The van der Waals surface area contributed by atoms with Crippen LogP contribution >= 0.6 is 0 Å². The summed E-state index contributed by atoms with van der Waals surface area (Å²) in [7, 11) is 11.7. The number of ether oxygens (including phenoxy) is 7. The number of esters is 4. The van der Waals surface area contributed by atoms with Crippen LogP contribution in [-0.4, -0.2) is 167 Å².